The Bertz CT molecular complexity index is 1430. The van der Waals surface area contributed by atoms with E-state index in [0.29, 0.717) is 11.1 Å². The molecule has 1 heterocycles. The number of likely N-dealkylation sites (N-methyl/N-ethyl adjacent to an activating group) is 1. The molecular weight excluding hydrogens is 514 g/mol. The van der Waals surface area contributed by atoms with Crippen LogP contribution >= 0.6 is 0 Å². The van der Waals surface area contributed by atoms with Crippen LogP contribution in [0.2, 0.25) is 0 Å². The fraction of sp³-hybridized carbons (Fsp3) is 0.321. The molecule has 3 aromatic rings. The van der Waals surface area contributed by atoms with Gasteiger partial charge in [-0.15, -0.1) is 0 Å². The molecule has 0 saturated carbocycles. The molecule has 0 saturated heterocycles. The highest BCUT2D eigenvalue weighted by Gasteiger charge is 2.38. The van der Waals surface area contributed by atoms with Gasteiger partial charge >= 0.3 is 0 Å². The summed E-state index contributed by atoms with van der Waals surface area (Å²) >= 11 is 0. The van der Waals surface area contributed by atoms with E-state index in [0.717, 1.165) is 6.07 Å². The van der Waals surface area contributed by atoms with Crippen LogP contribution in [0.25, 0.3) is 11.1 Å². The molecule has 0 aromatic heterocycles. The lowest BCUT2D eigenvalue weighted by Crippen LogP contribution is -2.50. The molecule has 1 amide bonds. The fourth-order valence-electron chi connectivity index (χ4n) is 4.49. The average molecular weight is 545 g/mol. The Hall–Kier alpha value is -3.34. The standard InChI is InChI=1S/C28H30F2N2O5S/c1-18-15-32(19(2)17-33)38(35,36)27-11-10-21(20-6-4-8-23(29)12-20)14-25(27)37-26(18)16-31(3)28(34)22-7-5-9-24(30)13-22/h4-14,18-19,26,33H,15-17H2,1-3H3/t18-,19-,26+/m0/s1. The first-order valence-corrected chi connectivity index (χ1v) is 13.7. The third-order valence-corrected chi connectivity index (χ3v) is 8.72. The van der Waals surface area contributed by atoms with Crippen LogP contribution in [0, 0.1) is 17.6 Å². The predicted octanol–water partition coefficient (Wildman–Crippen LogP) is 4.17. The molecule has 0 spiro atoms. The van der Waals surface area contributed by atoms with Gasteiger partial charge in [0, 0.05) is 31.1 Å². The van der Waals surface area contributed by atoms with Crippen LogP contribution in [0.3, 0.4) is 0 Å². The number of carbonyl (C=O) groups is 1. The maximum absolute atomic E-state index is 13.9. The number of carbonyl (C=O) groups excluding carboxylic acids is 1. The molecule has 0 radical (unpaired) electrons. The minimum absolute atomic E-state index is 0.0435. The SMILES string of the molecule is C[C@H]1CN([C@@H](C)CO)S(=O)(=O)c2ccc(-c3cccc(F)c3)cc2O[C@@H]1CN(C)C(=O)c1cccc(F)c1. The van der Waals surface area contributed by atoms with Crippen molar-refractivity contribution in [2.24, 2.45) is 5.92 Å². The van der Waals surface area contributed by atoms with E-state index in [1.807, 2.05) is 0 Å². The summed E-state index contributed by atoms with van der Waals surface area (Å²) < 4.78 is 62.4. The topological polar surface area (TPSA) is 87.2 Å². The number of benzene rings is 3. The number of fused-ring (bicyclic) bond motifs is 1. The molecule has 3 atom stereocenters. The van der Waals surface area contributed by atoms with E-state index >= 15 is 0 Å². The largest absolute Gasteiger partial charge is 0.487 e. The second-order valence-electron chi connectivity index (χ2n) is 9.61. The lowest BCUT2D eigenvalue weighted by atomic mass is 10.0. The molecule has 1 aliphatic heterocycles. The van der Waals surface area contributed by atoms with Gasteiger partial charge < -0.3 is 14.7 Å². The van der Waals surface area contributed by atoms with Gasteiger partial charge in [0.15, 0.2) is 0 Å². The highest BCUT2D eigenvalue weighted by atomic mass is 32.2. The molecule has 0 aliphatic carbocycles. The number of amides is 1. The van der Waals surface area contributed by atoms with Crippen molar-refractivity contribution < 1.29 is 31.8 Å². The summed E-state index contributed by atoms with van der Waals surface area (Å²) in [6.45, 7) is 3.16. The fourth-order valence-corrected chi connectivity index (χ4v) is 6.31. The van der Waals surface area contributed by atoms with Crippen molar-refractivity contribution in [1.82, 2.24) is 9.21 Å². The van der Waals surface area contributed by atoms with Gasteiger partial charge in [0.2, 0.25) is 10.0 Å². The van der Waals surface area contributed by atoms with Crippen LogP contribution in [0.1, 0.15) is 24.2 Å². The van der Waals surface area contributed by atoms with E-state index in [9.17, 15) is 27.1 Å². The zero-order chi connectivity index (χ0) is 27.6. The average Bonchev–Trinajstić information content (AvgIpc) is 2.89. The first kappa shape index (κ1) is 27.7. The molecule has 0 fully saturated rings. The summed E-state index contributed by atoms with van der Waals surface area (Å²) in [6.07, 6.45) is -0.650. The molecule has 0 unspecified atom stereocenters. The van der Waals surface area contributed by atoms with Crippen LogP contribution in [-0.4, -0.2) is 67.5 Å². The summed E-state index contributed by atoms with van der Waals surface area (Å²) in [6, 6.07) is 15.1. The molecule has 4 rings (SSSR count). The van der Waals surface area contributed by atoms with Gasteiger partial charge in [-0.25, -0.2) is 17.2 Å². The number of nitrogens with zero attached hydrogens (tertiary/aromatic N) is 2. The summed E-state index contributed by atoms with van der Waals surface area (Å²) in [5.41, 5.74) is 1.27. The number of aliphatic hydroxyl groups is 1. The van der Waals surface area contributed by atoms with E-state index < -0.39 is 45.6 Å². The number of aliphatic hydroxyl groups excluding tert-OH is 1. The van der Waals surface area contributed by atoms with Gasteiger partial charge in [-0.05, 0) is 60.5 Å². The van der Waals surface area contributed by atoms with Gasteiger partial charge in [-0.3, -0.25) is 4.79 Å². The monoisotopic (exact) mass is 544 g/mol. The van der Waals surface area contributed by atoms with Crippen LogP contribution in [0.5, 0.6) is 5.75 Å². The Morgan fingerprint density at radius 3 is 2.39 bits per heavy atom. The zero-order valence-corrected chi connectivity index (χ0v) is 22.2. The summed E-state index contributed by atoms with van der Waals surface area (Å²) in [7, 11) is -2.49. The number of sulfonamides is 1. The van der Waals surface area contributed by atoms with E-state index in [-0.39, 0.29) is 35.9 Å². The van der Waals surface area contributed by atoms with Crippen LogP contribution in [0.15, 0.2) is 71.6 Å². The molecule has 1 aliphatic rings. The van der Waals surface area contributed by atoms with Crippen molar-refractivity contribution >= 4 is 15.9 Å². The Morgan fingerprint density at radius 2 is 1.74 bits per heavy atom. The van der Waals surface area contributed by atoms with Crippen molar-refractivity contribution in [3.63, 3.8) is 0 Å². The van der Waals surface area contributed by atoms with E-state index in [1.165, 1.54) is 45.6 Å². The summed E-state index contributed by atoms with van der Waals surface area (Å²) in [5.74, 6) is -1.71. The van der Waals surface area contributed by atoms with Gasteiger partial charge in [0.05, 0.1) is 13.2 Å². The Kier molecular flexibility index (Phi) is 8.15. The minimum Gasteiger partial charge on any atom is -0.487 e. The molecule has 202 valence electrons. The van der Waals surface area contributed by atoms with Gasteiger partial charge in [-0.1, -0.05) is 31.2 Å². The molecule has 0 bridgehead atoms. The van der Waals surface area contributed by atoms with Crippen molar-refractivity contribution in [2.75, 3.05) is 26.7 Å². The molecule has 7 nitrogen and oxygen atoms in total. The van der Waals surface area contributed by atoms with Crippen molar-refractivity contribution in [3.05, 3.63) is 83.9 Å². The molecule has 38 heavy (non-hydrogen) atoms. The zero-order valence-electron chi connectivity index (χ0n) is 21.3. The maximum atomic E-state index is 13.9. The highest BCUT2D eigenvalue weighted by Crippen LogP contribution is 2.36. The lowest BCUT2D eigenvalue weighted by molar-refractivity contribution is 0.0563. The van der Waals surface area contributed by atoms with Crippen LogP contribution < -0.4 is 4.74 Å². The lowest BCUT2D eigenvalue weighted by Gasteiger charge is -2.37. The summed E-state index contributed by atoms with van der Waals surface area (Å²) in [5, 5.41) is 9.81. The Morgan fingerprint density at radius 1 is 1.08 bits per heavy atom. The van der Waals surface area contributed by atoms with E-state index in [1.54, 1.807) is 45.2 Å². The second kappa shape index (κ2) is 11.2. The van der Waals surface area contributed by atoms with Crippen molar-refractivity contribution in [3.8, 4) is 16.9 Å². The van der Waals surface area contributed by atoms with Gasteiger partial charge in [0.1, 0.15) is 28.4 Å². The van der Waals surface area contributed by atoms with E-state index in [4.69, 9.17) is 4.74 Å². The number of rotatable bonds is 6. The third-order valence-electron chi connectivity index (χ3n) is 6.70. The quantitative estimate of drug-likeness (QED) is 0.503. The van der Waals surface area contributed by atoms with Gasteiger partial charge in [0.25, 0.3) is 5.91 Å². The van der Waals surface area contributed by atoms with E-state index in [2.05, 4.69) is 0 Å². The second-order valence-corrected chi connectivity index (χ2v) is 11.5. The number of hydrogen-bond donors (Lipinski definition) is 1. The smallest absolute Gasteiger partial charge is 0.253 e. The van der Waals surface area contributed by atoms with Crippen LogP contribution in [-0.2, 0) is 10.0 Å². The molecular formula is C28H30F2N2O5S. The first-order chi connectivity index (χ1) is 18.0. The Balaban J connectivity index is 1.75. The molecule has 1 N–H and O–H groups in total. The van der Waals surface area contributed by atoms with Crippen LogP contribution in [0.4, 0.5) is 8.78 Å². The number of halogens is 2. The third kappa shape index (κ3) is 5.72. The number of ether oxygens (including phenoxy) is 1. The van der Waals surface area contributed by atoms with Gasteiger partial charge in [-0.2, -0.15) is 4.31 Å². The molecule has 10 heteroatoms. The summed E-state index contributed by atoms with van der Waals surface area (Å²) in [4.78, 5) is 14.3. The maximum Gasteiger partial charge on any atom is 0.253 e. The molecule has 3 aromatic carbocycles. The minimum atomic E-state index is -4.06. The van der Waals surface area contributed by atoms with Crippen molar-refractivity contribution in [1.29, 1.82) is 0 Å². The Labute approximate surface area is 221 Å². The van der Waals surface area contributed by atoms with Crippen molar-refractivity contribution in [2.45, 2.75) is 30.9 Å². The predicted molar refractivity (Wildman–Crippen MR) is 139 cm³/mol. The highest BCUT2D eigenvalue weighted by molar-refractivity contribution is 7.89. The number of hydrogen-bond acceptors (Lipinski definition) is 5. The first-order valence-electron chi connectivity index (χ1n) is 12.2. The normalized spacial score (nSPS) is 19.9.